The molecule has 156 valence electrons. The van der Waals surface area contributed by atoms with E-state index in [1.165, 1.54) is 0 Å². The average Bonchev–Trinajstić information content (AvgIpc) is 3.36. The van der Waals surface area contributed by atoms with Gasteiger partial charge < -0.3 is 10.2 Å². The molecule has 3 aromatic rings. The van der Waals surface area contributed by atoms with Gasteiger partial charge in [-0.3, -0.25) is 18.7 Å². The smallest absolute Gasteiger partial charge is 0.328 e. The summed E-state index contributed by atoms with van der Waals surface area (Å²) in [5.41, 5.74) is 3.41. The monoisotopic (exact) mass is 406 g/mol. The van der Waals surface area contributed by atoms with Crippen LogP contribution in [0, 0.1) is 6.92 Å². The molecule has 1 aliphatic rings. The Balaban J connectivity index is 1.52. The lowest BCUT2D eigenvalue weighted by atomic mass is 10.1. The molecule has 0 saturated carbocycles. The van der Waals surface area contributed by atoms with Gasteiger partial charge in [0.25, 0.3) is 5.91 Å². The van der Waals surface area contributed by atoms with E-state index in [1.807, 2.05) is 48.2 Å². The first-order valence-corrected chi connectivity index (χ1v) is 10.3. The number of aromatic nitrogens is 2. The van der Waals surface area contributed by atoms with Crippen molar-refractivity contribution < 1.29 is 9.59 Å². The third-order valence-electron chi connectivity index (χ3n) is 5.78. The predicted molar refractivity (Wildman–Crippen MR) is 117 cm³/mol. The summed E-state index contributed by atoms with van der Waals surface area (Å²) in [5, 5.41) is 2.92. The molecule has 7 nitrogen and oxygen atoms in total. The van der Waals surface area contributed by atoms with Crippen molar-refractivity contribution in [2.24, 2.45) is 7.05 Å². The Morgan fingerprint density at radius 2 is 1.70 bits per heavy atom. The van der Waals surface area contributed by atoms with Gasteiger partial charge in [0, 0.05) is 33.1 Å². The van der Waals surface area contributed by atoms with Crippen LogP contribution < -0.4 is 11.0 Å². The number of hydrogen-bond acceptors (Lipinski definition) is 3. The Bertz CT molecular complexity index is 1170. The molecule has 2 aromatic carbocycles. The standard InChI is InChI=1S/C23H26N4O3/c1-16-8-7-9-17(22(29)26-13-5-6-14-26)21(16)24-20(28)12-15-27-19-11-4-3-10-18(19)25(2)23(27)30/h3-4,7-11H,5-6,12-15H2,1-2H3,(H,24,28). The van der Waals surface area contributed by atoms with Gasteiger partial charge in [0.1, 0.15) is 0 Å². The summed E-state index contributed by atoms with van der Waals surface area (Å²) >= 11 is 0. The molecular formula is C23H26N4O3. The first kappa shape index (κ1) is 19.9. The van der Waals surface area contributed by atoms with E-state index >= 15 is 0 Å². The Morgan fingerprint density at radius 1 is 1.00 bits per heavy atom. The number of carbonyl (C=O) groups is 2. The van der Waals surface area contributed by atoms with Crippen molar-refractivity contribution in [1.29, 1.82) is 0 Å². The average molecular weight is 406 g/mol. The number of rotatable bonds is 5. The highest BCUT2D eigenvalue weighted by Gasteiger charge is 2.23. The van der Waals surface area contributed by atoms with Crippen molar-refractivity contribution in [2.75, 3.05) is 18.4 Å². The molecule has 7 heteroatoms. The van der Waals surface area contributed by atoms with E-state index in [0.717, 1.165) is 42.5 Å². The fraction of sp³-hybridized carbons (Fsp3) is 0.348. The lowest BCUT2D eigenvalue weighted by molar-refractivity contribution is -0.116. The predicted octanol–water partition coefficient (Wildman–Crippen LogP) is 2.91. The molecule has 30 heavy (non-hydrogen) atoms. The molecule has 0 radical (unpaired) electrons. The number of anilines is 1. The molecule has 0 unspecified atom stereocenters. The van der Waals surface area contributed by atoms with Crippen molar-refractivity contribution in [3.63, 3.8) is 0 Å². The molecule has 0 spiro atoms. The number of nitrogens with one attached hydrogen (secondary N) is 1. The highest BCUT2D eigenvalue weighted by Crippen LogP contribution is 2.24. The second kappa shape index (κ2) is 8.18. The molecule has 0 aliphatic carbocycles. The molecule has 1 N–H and O–H groups in total. The summed E-state index contributed by atoms with van der Waals surface area (Å²) in [7, 11) is 1.73. The number of imidazole rings is 1. The Labute approximate surface area is 174 Å². The van der Waals surface area contributed by atoms with Gasteiger partial charge >= 0.3 is 5.69 Å². The van der Waals surface area contributed by atoms with Crippen molar-refractivity contribution >= 4 is 28.5 Å². The minimum Gasteiger partial charge on any atom is -0.339 e. The van der Waals surface area contributed by atoms with Gasteiger partial charge in [0.15, 0.2) is 0 Å². The third kappa shape index (κ3) is 3.63. The SMILES string of the molecule is Cc1cccc(C(=O)N2CCCC2)c1NC(=O)CCn1c(=O)n(C)c2ccccc21. The van der Waals surface area contributed by atoms with Crippen LogP contribution in [0.15, 0.2) is 47.3 Å². The minimum absolute atomic E-state index is 0.0447. The van der Waals surface area contributed by atoms with Crippen molar-refractivity contribution in [2.45, 2.75) is 32.7 Å². The molecular weight excluding hydrogens is 380 g/mol. The lowest BCUT2D eigenvalue weighted by Gasteiger charge is -2.19. The maximum absolute atomic E-state index is 12.9. The Hall–Kier alpha value is -3.35. The van der Waals surface area contributed by atoms with Crippen LogP contribution in [0.4, 0.5) is 5.69 Å². The van der Waals surface area contributed by atoms with Crippen molar-refractivity contribution in [1.82, 2.24) is 14.0 Å². The molecule has 4 rings (SSSR count). The normalized spacial score (nSPS) is 13.7. The molecule has 2 heterocycles. The van der Waals surface area contributed by atoms with E-state index in [-0.39, 0.29) is 30.5 Å². The van der Waals surface area contributed by atoms with Gasteiger partial charge in [-0.05, 0) is 43.5 Å². The number of benzene rings is 2. The van der Waals surface area contributed by atoms with Crippen LogP contribution in [0.25, 0.3) is 11.0 Å². The van der Waals surface area contributed by atoms with Crippen LogP contribution in [-0.4, -0.2) is 38.9 Å². The summed E-state index contributed by atoms with van der Waals surface area (Å²) in [6, 6.07) is 13.0. The van der Waals surface area contributed by atoms with Crippen LogP contribution in [0.5, 0.6) is 0 Å². The van der Waals surface area contributed by atoms with Crippen molar-refractivity contribution in [3.8, 4) is 0 Å². The van der Waals surface area contributed by atoms with E-state index in [1.54, 1.807) is 22.2 Å². The Kier molecular flexibility index (Phi) is 5.44. The summed E-state index contributed by atoms with van der Waals surface area (Å²) in [6.07, 6.45) is 2.16. The molecule has 0 atom stereocenters. The maximum atomic E-state index is 12.9. The van der Waals surface area contributed by atoms with Gasteiger partial charge in [-0.1, -0.05) is 24.3 Å². The summed E-state index contributed by atoms with van der Waals surface area (Å²) in [6.45, 7) is 3.66. The Morgan fingerprint density at radius 3 is 2.43 bits per heavy atom. The number of likely N-dealkylation sites (tertiary alicyclic amines) is 1. The van der Waals surface area contributed by atoms with Gasteiger partial charge in [0.2, 0.25) is 5.91 Å². The molecule has 1 aliphatic heterocycles. The van der Waals surface area contributed by atoms with E-state index < -0.39 is 0 Å². The van der Waals surface area contributed by atoms with Gasteiger partial charge in [-0.2, -0.15) is 0 Å². The lowest BCUT2D eigenvalue weighted by Crippen LogP contribution is -2.29. The number of hydrogen-bond donors (Lipinski definition) is 1. The summed E-state index contributed by atoms with van der Waals surface area (Å²) in [5.74, 6) is -0.267. The van der Waals surface area contributed by atoms with Gasteiger partial charge in [0.05, 0.1) is 22.3 Å². The highest BCUT2D eigenvalue weighted by atomic mass is 16.2. The second-order valence-corrected chi connectivity index (χ2v) is 7.78. The largest absolute Gasteiger partial charge is 0.339 e. The van der Waals surface area contributed by atoms with Gasteiger partial charge in [-0.25, -0.2) is 4.79 Å². The number of nitrogens with zero attached hydrogens (tertiary/aromatic N) is 3. The fourth-order valence-electron chi connectivity index (χ4n) is 4.10. The first-order valence-electron chi connectivity index (χ1n) is 10.3. The summed E-state index contributed by atoms with van der Waals surface area (Å²) in [4.78, 5) is 40.0. The minimum atomic E-state index is -0.223. The van der Waals surface area contributed by atoms with Crippen LogP contribution in [0.2, 0.25) is 0 Å². The number of fused-ring (bicyclic) bond motifs is 1. The van der Waals surface area contributed by atoms with E-state index in [2.05, 4.69) is 5.32 Å². The van der Waals surface area contributed by atoms with Crippen LogP contribution in [-0.2, 0) is 18.4 Å². The quantitative estimate of drug-likeness (QED) is 0.708. The number of carbonyl (C=O) groups excluding carboxylic acids is 2. The van der Waals surface area contributed by atoms with E-state index in [0.29, 0.717) is 11.3 Å². The van der Waals surface area contributed by atoms with E-state index in [9.17, 15) is 14.4 Å². The summed E-state index contributed by atoms with van der Waals surface area (Å²) < 4.78 is 3.20. The first-order chi connectivity index (χ1) is 14.5. The van der Waals surface area contributed by atoms with Crippen LogP contribution in [0.3, 0.4) is 0 Å². The molecule has 2 amide bonds. The fourth-order valence-corrected chi connectivity index (χ4v) is 4.10. The molecule has 1 saturated heterocycles. The zero-order chi connectivity index (χ0) is 21.3. The molecule has 1 fully saturated rings. The van der Waals surface area contributed by atoms with Crippen LogP contribution in [0.1, 0.15) is 35.2 Å². The maximum Gasteiger partial charge on any atom is 0.328 e. The molecule has 0 bridgehead atoms. The molecule has 1 aromatic heterocycles. The zero-order valence-corrected chi connectivity index (χ0v) is 17.4. The zero-order valence-electron chi connectivity index (χ0n) is 17.4. The van der Waals surface area contributed by atoms with E-state index in [4.69, 9.17) is 0 Å². The van der Waals surface area contributed by atoms with Gasteiger partial charge in [-0.15, -0.1) is 0 Å². The number of aryl methyl sites for hydroxylation is 3. The second-order valence-electron chi connectivity index (χ2n) is 7.78. The van der Waals surface area contributed by atoms with Crippen molar-refractivity contribution in [3.05, 3.63) is 64.1 Å². The number of amides is 2. The topological polar surface area (TPSA) is 76.3 Å². The van der Waals surface area contributed by atoms with Crippen LogP contribution >= 0.6 is 0 Å². The number of para-hydroxylation sites is 3. The third-order valence-corrected chi connectivity index (χ3v) is 5.78. The highest BCUT2D eigenvalue weighted by molar-refractivity contribution is 6.04.